The van der Waals surface area contributed by atoms with Crippen LogP contribution in [0, 0.1) is 0 Å². The minimum atomic E-state index is -0.626. The van der Waals surface area contributed by atoms with Crippen molar-refractivity contribution < 1.29 is 14.6 Å². The summed E-state index contributed by atoms with van der Waals surface area (Å²) in [7, 11) is 3.49. The number of hydrogen-bond acceptors (Lipinski definition) is 8. The zero-order valence-electron chi connectivity index (χ0n) is 18.9. The molecule has 3 aromatic heterocycles. The Morgan fingerprint density at radius 3 is 2.45 bits per heavy atom. The van der Waals surface area contributed by atoms with Gasteiger partial charge in [-0.15, -0.1) is 0 Å². The van der Waals surface area contributed by atoms with Gasteiger partial charge in [0.2, 0.25) is 0 Å². The van der Waals surface area contributed by atoms with Crippen LogP contribution in [0.4, 0.5) is 17.3 Å². The van der Waals surface area contributed by atoms with Crippen LogP contribution in [-0.2, 0) is 4.74 Å². The molecule has 0 unspecified atom stereocenters. The highest BCUT2D eigenvalue weighted by Gasteiger charge is 2.16. The maximum Gasteiger partial charge on any atom is 0.271 e. The first kappa shape index (κ1) is 24.2. The van der Waals surface area contributed by atoms with Crippen LogP contribution in [-0.4, -0.2) is 57.0 Å². The Balaban J connectivity index is 0.000000226. The number of fused-ring (bicyclic) bond motifs is 1. The minimum Gasteiger partial charge on any atom is -0.393 e. The van der Waals surface area contributed by atoms with Crippen molar-refractivity contribution in [3.8, 4) is 0 Å². The van der Waals surface area contributed by atoms with E-state index < -0.39 is 5.91 Å². The van der Waals surface area contributed by atoms with Crippen molar-refractivity contribution in [2.75, 3.05) is 24.8 Å². The molecular formula is C22H31N7O4. The monoisotopic (exact) mass is 457 g/mol. The molecule has 0 radical (unpaired) electrons. The normalized spacial score (nSPS) is 15.2. The van der Waals surface area contributed by atoms with Crippen molar-refractivity contribution in [1.82, 2.24) is 19.6 Å². The van der Waals surface area contributed by atoms with E-state index in [1.54, 1.807) is 32.4 Å². The molecule has 0 aliphatic heterocycles. The van der Waals surface area contributed by atoms with Crippen LogP contribution in [0.25, 0.3) is 5.65 Å². The summed E-state index contributed by atoms with van der Waals surface area (Å²) in [4.78, 5) is 30.0. The first-order valence-corrected chi connectivity index (χ1v) is 10.9. The quantitative estimate of drug-likeness (QED) is 0.389. The van der Waals surface area contributed by atoms with Crippen molar-refractivity contribution in [2.45, 2.75) is 50.7 Å². The lowest BCUT2D eigenvalue weighted by molar-refractivity contribution is 0.0412. The molecule has 11 heteroatoms. The highest BCUT2D eigenvalue weighted by atomic mass is 16.5. The number of hydrogen-bond donors (Lipinski definition) is 5. The van der Waals surface area contributed by atoms with E-state index in [0.29, 0.717) is 29.1 Å². The van der Waals surface area contributed by atoms with Gasteiger partial charge in [0.05, 0.1) is 18.4 Å². The second kappa shape index (κ2) is 11.4. The number of pyridine rings is 1. The molecule has 2 aliphatic rings. The van der Waals surface area contributed by atoms with Gasteiger partial charge >= 0.3 is 0 Å². The van der Waals surface area contributed by atoms with Crippen molar-refractivity contribution in [3.63, 3.8) is 0 Å². The number of carbonyl (C=O) groups is 1. The van der Waals surface area contributed by atoms with E-state index in [-0.39, 0.29) is 17.2 Å². The number of aromatic amines is 1. The summed E-state index contributed by atoms with van der Waals surface area (Å²) in [5.41, 5.74) is 5.87. The molecule has 3 aromatic rings. The van der Waals surface area contributed by atoms with Crippen LogP contribution >= 0.6 is 0 Å². The Hall–Kier alpha value is -3.44. The van der Waals surface area contributed by atoms with Crippen LogP contribution in [0.1, 0.15) is 48.9 Å². The zero-order chi connectivity index (χ0) is 23.8. The summed E-state index contributed by atoms with van der Waals surface area (Å²) in [6.45, 7) is 0. The number of aromatic nitrogens is 4. The Bertz CT molecular complexity index is 1120. The molecule has 2 aliphatic carbocycles. The number of methoxy groups -OCH3 is 1. The fourth-order valence-electron chi connectivity index (χ4n) is 3.03. The Kier molecular flexibility index (Phi) is 8.39. The van der Waals surface area contributed by atoms with Crippen LogP contribution in [0.2, 0.25) is 0 Å². The van der Waals surface area contributed by atoms with Gasteiger partial charge in [-0.2, -0.15) is 9.61 Å². The third kappa shape index (κ3) is 6.30. The SMILES string of the molecule is CNc1cc(Nc2ccc[nH]c2=O)nc2c(C(N)=O)cnn12.COC1CCC1.OC1CCC1. The first-order chi connectivity index (χ1) is 15.9. The number of amides is 1. The molecule has 5 rings (SSSR count). The van der Waals surface area contributed by atoms with Gasteiger partial charge in [-0.25, -0.2) is 4.98 Å². The molecule has 0 bridgehead atoms. The standard InChI is InChI=1S/C13H13N7O2.C5H10O.C4H8O/c1-15-10-5-9(18-8-3-2-4-16-13(8)22)19-12-7(11(14)21)6-17-20(10)12;1-6-5-3-2-4-5;5-4-2-1-3-4/h2-6,15H,1H3,(H2,14,21)(H,16,22)(H,18,19);5H,2-4H2,1H3;4-5H,1-3H2. The summed E-state index contributed by atoms with van der Waals surface area (Å²) in [6, 6.07) is 4.97. The second-order valence-electron chi connectivity index (χ2n) is 7.85. The number of aliphatic hydroxyl groups excluding tert-OH is 1. The first-order valence-electron chi connectivity index (χ1n) is 10.9. The maximum absolute atomic E-state index is 11.7. The molecule has 1 amide bonds. The number of primary amides is 1. The van der Waals surface area contributed by atoms with Gasteiger partial charge in [0, 0.05) is 26.4 Å². The molecule has 2 saturated carbocycles. The lowest BCUT2D eigenvalue weighted by Crippen LogP contribution is -2.18. The largest absolute Gasteiger partial charge is 0.393 e. The smallest absolute Gasteiger partial charge is 0.271 e. The van der Waals surface area contributed by atoms with E-state index in [9.17, 15) is 9.59 Å². The fraction of sp³-hybridized carbons (Fsp3) is 0.455. The third-order valence-electron chi connectivity index (χ3n) is 5.53. The van der Waals surface area contributed by atoms with E-state index in [4.69, 9.17) is 15.6 Å². The summed E-state index contributed by atoms with van der Waals surface area (Å²) < 4.78 is 6.44. The molecule has 6 N–H and O–H groups in total. The molecule has 0 spiro atoms. The molecule has 0 atom stereocenters. The number of ether oxygens (including phenoxy) is 1. The average Bonchev–Trinajstić information content (AvgIpc) is 3.18. The Labute approximate surface area is 191 Å². The molecule has 0 saturated heterocycles. The lowest BCUT2D eigenvalue weighted by Gasteiger charge is -2.22. The molecule has 178 valence electrons. The van der Waals surface area contributed by atoms with Gasteiger partial charge in [0.15, 0.2) is 5.65 Å². The van der Waals surface area contributed by atoms with E-state index >= 15 is 0 Å². The predicted octanol–water partition coefficient (Wildman–Crippen LogP) is 2.02. The summed E-state index contributed by atoms with van der Waals surface area (Å²) in [6.07, 6.45) is 10.8. The van der Waals surface area contributed by atoms with Gasteiger partial charge in [-0.1, -0.05) is 0 Å². The zero-order valence-corrected chi connectivity index (χ0v) is 18.9. The van der Waals surface area contributed by atoms with Crippen LogP contribution in [0.5, 0.6) is 0 Å². The highest BCUT2D eigenvalue weighted by molar-refractivity contribution is 5.98. The van der Waals surface area contributed by atoms with Crippen molar-refractivity contribution >= 4 is 28.9 Å². The van der Waals surface area contributed by atoms with Gasteiger partial charge < -0.3 is 31.2 Å². The highest BCUT2D eigenvalue weighted by Crippen LogP contribution is 2.21. The molecule has 0 aromatic carbocycles. The van der Waals surface area contributed by atoms with E-state index in [0.717, 1.165) is 12.8 Å². The summed E-state index contributed by atoms with van der Waals surface area (Å²) in [5, 5.41) is 18.4. The predicted molar refractivity (Wildman–Crippen MR) is 126 cm³/mol. The summed E-state index contributed by atoms with van der Waals surface area (Å²) >= 11 is 0. The van der Waals surface area contributed by atoms with E-state index in [1.807, 2.05) is 0 Å². The number of nitrogens with zero attached hydrogens (tertiary/aromatic N) is 3. The number of carbonyl (C=O) groups excluding carboxylic acids is 1. The molecule has 11 nitrogen and oxygen atoms in total. The van der Waals surface area contributed by atoms with Gasteiger partial charge in [0.1, 0.15) is 22.9 Å². The molecular weight excluding hydrogens is 426 g/mol. The van der Waals surface area contributed by atoms with E-state index in [1.165, 1.54) is 42.6 Å². The van der Waals surface area contributed by atoms with Crippen molar-refractivity contribution in [3.05, 3.63) is 46.5 Å². The van der Waals surface area contributed by atoms with Gasteiger partial charge in [-0.3, -0.25) is 9.59 Å². The number of anilines is 3. The molecule has 3 heterocycles. The van der Waals surface area contributed by atoms with E-state index in [2.05, 4.69) is 25.7 Å². The lowest BCUT2D eigenvalue weighted by atomic mass is 9.96. The number of rotatable bonds is 5. The van der Waals surface area contributed by atoms with Crippen LogP contribution in [0.3, 0.4) is 0 Å². The number of H-pyrrole nitrogens is 1. The Morgan fingerprint density at radius 2 is 2.00 bits per heavy atom. The van der Waals surface area contributed by atoms with Crippen LogP contribution in [0.15, 0.2) is 35.4 Å². The number of aliphatic hydroxyl groups is 1. The van der Waals surface area contributed by atoms with Gasteiger partial charge in [0.25, 0.3) is 11.5 Å². The third-order valence-corrected chi connectivity index (χ3v) is 5.53. The minimum absolute atomic E-state index is 0.0648. The molecule has 33 heavy (non-hydrogen) atoms. The Morgan fingerprint density at radius 1 is 1.30 bits per heavy atom. The topological polar surface area (TPSA) is 160 Å². The fourth-order valence-corrected chi connectivity index (χ4v) is 3.03. The van der Waals surface area contributed by atoms with Gasteiger partial charge in [-0.05, 0) is 50.7 Å². The number of nitrogens with one attached hydrogen (secondary N) is 3. The number of nitrogens with two attached hydrogens (primary N) is 1. The van der Waals surface area contributed by atoms with Crippen molar-refractivity contribution in [2.24, 2.45) is 5.73 Å². The van der Waals surface area contributed by atoms with Crippen molar-refractivity contribution in [1.29, 1.82) is 0 Å². The van der Waals surface area contributed by atoms with Crippen LogP contribution < -0.4 is 21.9 Å². The maximum atomic E-state index is 11.7. The second-order valence-corrected chi connectivity index (χ2v) is 7.85. The average molecular weight is 458 g/mol. The summed E-state index contributed by atoms with van der Waals surface area (Å²) in [5.74, 6) is 0.350. The molecule has 2 fully saturated rings.